The Bertz CT molecular complexity index is 341. The molecular weight excluding hydrogens is 174 g/mol. The van der Waals surface area contributed by atoms with Gasteiger partial charge in [-0.25, -0.2) is 4.79 Å². The van der Waals surface area contributed by atoms with Gasteiger partial charge in [-0.15, -0.1) is 0 Å². The van der Waals surface area contributed by atoms with E-state index in [2.05, 4.69) is 15.3 Å². The van der Waals surface area contributed by atoms with E-state index in [1.54, 1.807) is 6.92 Å². The average Bonchev–Trinajstić information content (AvgIpc) is 2.51. The summed E-state index contributed by atoms with van der Waals surface area (Å²) in [5.74, 6) is -0.417. The Labute approximate surface area is 74.0 Å². The Hall–Kier alpha value is -1.56. The van der Waals surface area contributed by atoms with Gasteiger partial charge in [0, 0.05) is 12.2 Å². The van der Waals surface area contributed by atoms with Gasteiger partial charge in [-0.3, -0.25) is 4.79 Å². The number of aliphatic hydroxyl groups is 1. The molecule has 1 atom stereocenters. The van der Waals surface area contributed by atoms with Crippen LogP contribution >= 0.6 is 0 Å². The van der Waals surface area contributed by atoms with E-state index in [0.717, 1.165) is 0 Å². The zero-order valence-electron chi connectivity index (χ0n) is 7.13. The molecule has 6 heteroatoms. The Morgan fingerprint density at radius 1 is 1.77 bits per heavy atom. The molecule has 0 unspecified atom stereocenters. The van der Waals surface area contributed by atoms with Crippen LogP contribution in [-0.2, 0) is 0 Å². The Morgan fingerprint density at radius 2 is 2.46 bits per heavy atom. The maximum absolute atomic E-state index is 11.2. The molecule has 0 spiro atoms. The van der Waals surface area contributed by atoms with Crippen molar-refractivity contribution in [3.8, 4) is 0 Å². The largest absolute Gasteiger partial charge is 0.394 e. The molecule has 0 aliphatic heterocycles. The Morgan fingerprint density at radius 3 is 2.92 bits per heavy atom. The normalized spacial score (nSPS) is 12.5. The minimum atomic E-state index is -0.429. The number of rotatable bonds is 3. The molecule has 1 rings (SSSR count). The molecule has 13 heavy (non-hydrogen) atoms. The van der Waals surface area contributed by atoms with Crippen LogP contribution in [0.15, 0.2) is 11.0 Å². The maximum atomic E-state index is 11.2. The molecule has 0 radical (unpaired) electrons. The molecule has 72 valence electrons. The zero-order valence-corrected chi connectivity index (χ0v) is 7.13. The second-order valence-electron chi connectivity index (χ2n) is 2.71. The molecular formula is C7H11N3O3. The predicted molar refractivity (Wildman–Crippen MR) is 45.4 cm³/mol. The van der Waals surface area contributed by atoms with E-state index in [4.69, 9.17) is 5.11 Å². The highest BCUT2D eigenvalue weighted by atomic mass is 16.3. The SMILES string of the molecule is C[C@H](CO)NC(=O)c1c[nH]c(=O)[nH]1. The molecule has 1 amide bonds. The first-order valence-electron chi connectivity index (χ1n) is 3.83. The van der Waals surface area contributed by atoms with Gasteiger partial charge >= 0.3 is 5.69 Å². The van der Waals surface area contributed by atoms with Crippen molar-refractivity contribution in [2.45, 2.75) is 13.0 Å². The first-order valence-corrected chi connectivity index (χ1v) is 3.83. The van der Waals surface area contributed by atoms with E-state index < -0.39 is 11.6 Å². The van der Waals surface area contributed by atoms with Crippen molar-refractivity contribution in [2.24, 2.45) is 0 Å². The Kier molecular flexibility index (Phi) is 2.86. The number of hydrogen-bond donors (Lipinski definition) is 4. The molecule has 4 N–H and O–H groups in total. The molecule has 0 aromatic carbocycles. The van der Waals surface area contributed by atoms with Crippen LogP contribution in [0.1, 0.15) is 17.4 Å². The van der Waals surface area contributed by atoms with Crippen molar-refractivity contribution in [1.29, 1.82) is 0 Å². The van der Waals surface area contributed by atoms with Crippen LogP contribution in [-0.4, -0.2) is 33.6 Å². The molecule has 0 aliphatic carbocycles. The highest BCUT2D eigenvalue weighted by Crippen LogP contribution is 1.89. The summed E-state index contributed by atoms with van der Waals surface area (Å²) in [4.78, 5) is 26.4. The van der Waals surface area contributed by atoms with Crippen LogP contribution in [0.25, 0.3) is 0 Å². The molecule has 0 aliphatic rings. The molecule has 0 saturated carbocycles. The van der Waals surface area contributed by atoms with Gasteiger partial charge in [-0.1, -0.05) is 0 Å². The summed E-state index contributed by atoms with van der Waals surface area (Å²) in [6.45, 7) is 1.52. The minimum Gasteiger partial charge on any atom is -0.394 e. The third-order valence-corrected chi connectivity index (χ3v) is 1.49. The highest BCUT2D eigenvalue weighted by Gasteiger charge is 2.09. The number of nitrogens with one attached hydrogen (secondary N) is 3. The lowest BCUT2D eigenvalue weighted by Crippen LogP contribution is -2.35. The van der Waals surface area contributed by atoms with Crippen LogP contribution in [0.3, 0.4) is 0 Å². The highest BCUT2D eigenvalue weighted by molar-refractivity contribution is 5.92. The third kappa shape index (κ3) is 2.45. The van der Waals surface area contributed by atoms with Crippen molar-refractivity contribution in [2.75, 3.05) is 6.61 Å². The summed E-state index contributed by atoms with van der Waals surface area (Å²) < 4.78 is 0. The second-order valence-corrected chi connectivity index (χ2v) is 2.71. The van der Waals surface area contributed by atoms with E-state index >= 15 is 0 Å². The van der Waals surface area contributed by atoms with E-state index in [9.17, 15) is 9.59 Å². The molecule has 0 bridgehead atoms. The number of aliphatic hydroxyl groups excluding tert-OH is 1. The number of hydrogen-bond acceptors (Lipinski definition) is 3. The fourth-order valence-corrected chi connectivity index (χ4v) is 0.802. The van der Waals surface area contributed by atoms with Crippen molar-refractivity contribution in [1.82, 2.24) is 15.3 Å². The standard InChI is InChI=1S/C7H11N3O3/c1-4(3-11)9-6(12)5-2-8-7(13)10-5/h2,4,11H,3H2,1H3,(H,9,12)(H2,8,10,13)/t4-/m1/s1. The van der Waals surface area contributed by atoms with Gasteiger partial charge in [-0.2, -0.15) is 0 Å². The van der Waals surface area contributed by atoms with Crippen molar-refractivity contribution >= 4 is 5.91 Å². The second kappa shape index (κ2) is 3.90. The van der Waals surface area contributed by atoms with Gasteiger partial charge < -0.3 is 20.4 Å². The number of aromatic amines is 2. The maximum Gasteiger partial charge on any atom is 0.323 e. The van der Waals surface area contributed by atoms with Crippen LogP contribution in [0, 0.1) is 0 Å². The Balaban J connectivity index is 2.64. The van der Waals surface area contributed by atoms with Gasteiger partial charge in [0.15, 0.2) is 0 Å². The smallest absolute Gasteiger partial charge is 0.323 e. The van der Waals surface area contributed by atoms with Crippen molar-refractivity contribution < 1.29 is 9.90 Å². The summed E-state index contributed by atoms with van der Waals surface area (Å²) in [5, 5.41) is 11.1. The number of H-pyrrole nitrogens is 2. The topological polar surface area (TPSA) is 98.0 Å². The van der Waals surface area contributed by atoms with Crippen LogP contribution in [0.5, 0.6) is 0 Å². The van der Waals surface area contributed by atoms with Gasteiger partial charge in [0.05, 0.1) is 6.61 Å². The number of carbonyl (C=O) groups is 1. The quantitative estimate of drug-likeness (QED) is 0.476. The number of carbonyl (C=O) groups excluding carboxylic acids is 1. The van der Waals surface area contributed by atoms with Crippen LogP contribution < -0.4 is 11.0 Å². The molecule has 1 aromatic rings. The fourth-order valence-electron chi connectivity index (χ4n) is 0.802. The van der Waals surface area contributed by atoms with Gasteiger partial charge in [0.1, 0.15) is 5.69 Å². The number of imidazole rings is 1. The molecule has 1 aromatic heterocycles. The van der Waals surface area contributed by atoms with E-state index in [1.807, 2.05) is 0 Å². The van der Waals surface area contributed by atoms with E-state index in [0.29, 0.717) is 0 Å². The van der Waals surface area contributed by atoms with E-state index in [1.165, 1.54) is 6.20 Å². The lowest BCUT2D eigenvalue weighted by Gasteiger charge is -2.08. The lowest BCUT2D eigenvalue weighted by atomic mass is 10.3. The monoisotopic (exact) mass is 185 g/mol. The minimum absolute atomic E-state index is 0.138. The van der Waals surface area contributed by atoms with E-state index in [-0.39, 0.29) is 18.3 Å². The zero-order chi connectivity index (χ0) is 9.84. The van der Waals surface area contributed by atoms with Crippen LogP contribution in [0.2, 0.25) is 0 Å². The summed E-state index contributed by atoms with van der Waals surface area (Å²) in [6, 6.07) is -0.328. The molecule has 0 fully saturated rings. The molecule has 1 heterocycles. The van der Waals surface area contributed by atoms with Crippen LogP contribution in [0.4, 0.5) is 0 Å². The summed E-state index contributed by atoms with van der Waals surface area (Å²) in [6.07, 6.45) is 1.28. The predicted octanol–water partition coefficient (Wildman–Crippen LogP) is -1.19. The molecule has 6 nitrogen and oxygen atoms in total. The van der Waals surface area contributed by atoms with Crippen molar-refractivity contribution in [3.05, 3.63) is 22.4 Å². The first-order chi connectivity index (χ1) is 6.13. The lowest BCUT2D eigenvalue weighted by molar-refractivity contribution is 0.0917. The number of aromatic nitrogens is 2. The van der Waals surface area contributed by atoms with Gasteiger partial charge in [0.25, 0.3) is 5.91 Å². The van der Waals surface area contributed by atoms with Gasteiger partial charge in [0.2, 0.25) is 0 Å². The molecule has 0 saturated heterocycles. The average molecular weight is 185 g/mol. The summed E-state index contributed by atoms with van der Waals surface area (Å²) in [5.41, 5.74) is -0.271. The third-order valence-electron chi connectivity index (χ3n) is 1.49. The number of amides is 1. The fraction of sp³-hybridized carbons (Fsp3) is 0.429. The summed E-state index contributed by atoms with van der Waals surface area (Å²) >= 11 is 0. The van der Waals surface area contributed by atoms with Crippen molar-refractivity contribution in [3.63, 3.8) is 0 Å². The first kappa shape index (κ1) is 9.53. The summed E-state index contributed by atoms with van der Waals surface area (Å²) in [7, 11) is 0. The van der Waals surface area contributed by atoms with Gasteiger partial charge in [-0.05, 0) is 6.92 Å².